The highest BCUT2D eigenvalue weighted by Crippen LogP contribution is 2.35. The van der Waals surface area contributed by atoms with E-state index in [0.717, 1.165) is 43.4 Å². The molecule has 3 aromatic rings. The zero-order chi connectivity index (χ0) is 32.6. The fourth-order valence-electron chi connectivity index (χ4n) is 4.70. The van der Waals surface area contributed by atoms with Crippen molar-refractivity contribution in [2.24, 2.45) is 4.99 Å². The van der Waals surface area contributed by atoms with Crippen LogP contribution in [0.15, 0.2) is 82.3 Å². The lowest BCUT2D eigenvalue weighted by Gasteiger charge is -2.26. The fraction of sp³-hybridized carbons (Fsp3) is 0.250. The van der Waals surface area contributed by atoms with Crippen molar-refractivity contribution in [2.45, 2.75) is 44.5 Å². The number of carbonyl (C=O) groups excluding carboxylic acids is 1. The fourth-order valence-corrected chi connectivity index (χ4v) is 5.18. The van der Waals surface area contributed by atoms with E-state index >= 15 is 0 Å². The summed E-state index contributed by atoms with van der Waals surface area (Å²) in [5, 5.41) is 32.7. The molecule has 0 aliphatic heterocycles. The predicted octanol–water partition coefficient (Wildman–Crippen LogP) is 6.37. The number of carboxylic acids is 1. The van der Waals surface area contributed by atoms with Crippen molar-refractivity contribution in [3.8, 4) is 6.19 Å². The summed E-state index contributed by atoms with van der Waals surface area (Å²) >= 11 is 3.11. The van der Waals surface area contributed by atoms with Gasteiger partial charge >= 0.3 is 12.1 Å². The summed E-state index contributed by atoms with van der Waals surface area (Å²) in [5.41, 5.74) is 2.82. The van der Waals surface area contributed by atoms with E-state index in [1.54, 1.807) is 17.0 Å². The largest absolute Gasteiger partial charge is 0.479 e. The van der Waals surface area contributed by atoms with Crippen LogP contribution in [0.1, 0.15) is 52.7 Å². The molecule has 0 bridgehead atoms. The zero-order valence-corrected chi connectivity index (χ0v) is 25.4. The first kappa shape index (κ1) is 33.2. The molecule has 0 aromatic heterocycles. The number of anilines is 1. The van der Waals surface area contributed by atoms with Crippen LogP contribution >= 0.6 is 15.9 Å². The van der Waals surface area contributed by atoms with Crippen molar-refractivity contribution >= 4 is 50.7 Å². The Labute approximate surface area is 265 Å². The maximum Gasteiger partial charge on any atom is 0.416 e. The number of aliphatic carboxylic acids is 1. The number of aliphatic hydroxyl groups excluding tert-OH is 1. The average Bonchev–Trinajstić information content (AvgIpc) is 3.02. The van der Waals surface area contributed by atoms with Gasteiger partial charge in [0.15, 0.2) is 12.3 Å². The van der Waals surface area contributed by atoms with Gasteiger partial charge in [-0.05, 0) is 84.8 Å². The molecule has 0 unspecified atom stereocenters. The third kappa shape index (κ3) is 9.17. The highest BCUT2D eigenvalue weighted by atomic mass is 79.9. The van der Waals surface area contributed by atoms with E-state index < -0.39 is 36.3 Å². The van der Waals surface area contributed by atoms with Crippen LogP contribution in [0.2, 0.25) is 0 Å². The summed E-state index contributed by atoms with van der Waals surface area (Å²) in [6.07, 6.45) is 1.89. The molecule has 0 spiro atoms. The Hall–Kier alpha value is -4.67. The van der Waals surface area contributed by atoms with Crippen molar-refractivity contribution in [3.05, 3.63) is 99.5 Å². The molecule has 9 nitrogen and oxygen atoms in total. The molecule has 234 valence electrons. The van der Waals surface area contributed by atoms with Crippen LogP contribution in [0.5, 0.6) is 0 Å². The molecule has 3 aromatic carbocycles. The number of allylic oxidation sites excluding steroid dienone is 2. The number of guanidine groups is 1. The second-order valence-electron chi connectivity index (χ2n) is 10.2. The van der Waals surface area contributed by atoms with E-state index in [0.29, 0.717) is 11.3 Å². The second-order valence-corrected chi connectivity index (χ2v) is 11.2. The first-order chi connectivity index (χ1) is 21.4. The van der Waals surface area contributed by atoms with Crippen LogP contribution in [0.3, 0.4) is 0 Å². The number of nitriles is 1. The van der Waals surface area contributed by atoms with Crippen LogP contribution in [0.25, 0.3) is 5.57 Å². The Kier molecular flexibility index (Phi) is 11.0. The van der Waals surface area contributed by atoms with E-state index in [1.165, 1.54) is 23.8 Å². The summed E-state index contributed by atoms with van der Waals surface area (Å²) in [6.45, 7) is -0.364. The third-order valence-electron chi connectivity index (χ3n) is 7.01. The molecule has 45 heavy (non-hydrogen) atoms. The molecule has 0 radical (unpaired) electrons. The molecule has 0 fully saturated rings. The lowest BCUT2D eigenvalue weighted by atomic mass is 9.93. The number of nitrogens with one attached hydrogen (secondary N) is 2. The maximum atomic E-state index is 13.5. The molecule has 0 saturated heterocycles. The highest BCUT2D eigenvalue weighted by Gasteiger charge is 2.31. The molecule has 1 amide bonds. The van der Waals surface area contributed by atoms with Gasteiger partial charge in [-0.1, -0.05) is 46.3 Å². The Morgan fingerprint density at radius 2 is 1.78 bits per heavy atom. The van der Waals surface area contributed by atoms with Crippen molar-refractivity contribution < 1.29 is 33.0 Å². The molecule has 1 atom stereocenters. The maximum absolute atomic E-state index is 13.5. The molecule has 13 heteroatoms. The second kappa shape index (κ2) is 14.9. The zero-order valence-electron chi connectivity index (χ0n) is 23.8. The Balaban J connectivity index is 1.69. The standard InChI is InChI=1S/C32H29BrF3N5O4/c33-25-14-24(32(34,35)36)15-26(16-25)40-31(39-19-37)41(27-12-10-22(11-13-27)21-4-2-1-3-5-21)18-20-6-8-23(9-7-20)29(43)38-17-28(42)30(44)45/h4,6-16,28,42H,1-3,5,17-18H2,(H,38,43)(H,39,40)(H,44,45)/t28-/m1/s1. The smallest absolute Gasteiger partial charge is 0.416 e. The van der Waals surface area contributed by atoms with Crippen LogP contribution in [-0.2, 0) is 17.5 Å². The van der Waals surface area contributed by atoms with Crippen LogP contribution in [0, 0.1) is 11.5 Å². The minimum atomic E-state index is -4.61. The van der Waals surface area contributed by atoms with Gasteiger partial charge in [-0.15, -0.1) is 0 Å². The number of rotatable bonds is 9. The number of carbonyl (C=O) groups is 2. The lowest BCUT2D eigenvalue weighted by Crippen LogP contribution is -2.39. The number of nitrogens with zero attached hydrogens (tertiary/aromatic N) is 3. The Morgan fingerprint density at radius 3 is 2.38 bits per heavy atom. The number of aliphatic imine (C=N–C) groups is 1. The number of aliphatic hydroxyl groups is 1. The van der Waals surface area contributed by atoms with Crippen molar-refractivity contribution in [1.82, 2.24) is 10.6 Å². The molecule has 1 aliphatic rings. The summed E-state index contributed by atoms with van der Waals surface area (Å²) in [7, 11) is 0. The number of benzene rings is 3. The number of hydrogen-bond donors (Lipinski definition) is 4. The van der Waals surface area contributed by atoms with Gasteiger partial charge in [0.2, 0.25) is 5.96 Å². The SMILES string of the molecule is N#CNC(=Nc1cc(Br)cc(C(F)(F)F)c1)N(Cc1ccc(C(=O)NC[C@@H](O)C(=O)O)cc1)c1ccc(C2=CCCCC2)cc1. The third-order valence-corrected chi connectivity index (χ3v) is 7.46. The summed E-state index contributed by atoms with van der Waals surface area (Å²) in [5.74, 6) is -2.08. The van der Waals surface area contributed by atoms with Gasteiger partial charge in [0.1, 0.15) is 0 Å². The van der Waals surface area contributed by atoms with E-state index in [-0.39, 0.29) is 28.2 Å². The minimum Gasteiger partial charge on any atom is -0.479 e. The predicted molar refractivity (Wildman–Crippen MR) is 166 cm³/mol. The lowest BCUT2D eigenvalue weighted by molar-refractivity contribution is -0.146. The van der Waals surface area contributed by atoms with Crippen LogP contribution < -0.4 is 15.5 Å². The molecule has 4 rings (SSSR count). The van der Waals surface area contributed by atoms with Crippen molar-refractivity contribution in [2.75, 3.05) is 11.4 Å². The topological polar surface area (TPSA) is 138 Å². The summed E-state index contributed by atoms with van der Waals surface area (Å²) in [6, 6.07) is 17.1. The molecule has 0 saturated carbocycles. The first-order valence-corrected chi connectivity index (χ1v) is 14.7. The van der Waals surface area contributed by atoms with E-state index in [2.05, 4.69) is 37.6 Å². The normalized spacial score (nSPS) is 14.1. The van der Waals surface area contributed by atoms with Crippen LogP contribution in [0.4, 0.5) is 24.5 Å². The molecular weight excluding hydrogens is 655 g/mol. The monoisotopic (exact) mass is 683 g/mol. The van der Waals surface area contributed by atoms with E-state index in [9.17, 15) is 33.1 Å². The van der Waals surface area contributed by atoms with E-state index in [4.69, 9.17) is 5.11 Å². The number of hydrogen-bond acceptors (Lipinski definition) is 5. The van der Waals surface area contributed by atoms with Gasteiger partial charge in [0, 0.05) is 15.7 Å². The quantitative estimate of drug-likeness (QED) is 0.0891. The Morgan fingerprint density at radius 1 is 1.07 bits per heavy atom. The Bertz CT molecular complexity index is 1630. The van der Waals surface area contributed by atoms with Crippen molar-refractivity contribution in [3.63, 3.8) is 0 Å². The molecule has 0 heterocycles. The molecule has 1 aliphatic carbocycles. The molecule has 4 N–H and O–H groups in total. The highest BCUT2D eigenvalue weighted by molar-refractivity contribution is 9.10. The number of alkyl halides is 3. The summed E-state index contributed by atoms with van der Waals surface area (Å²) in [4.78, 5) is 29.3. The number of halogens is 4. The van der Waals surface area contributed by atoms with Gasteiger partial charge in [0.05, 0.1) is 24.3 Å². The van der Waals surface area contributed by atoms with Gasteiger partial charge < -0.3 is 20.4 Å². The summed E-state index contributed by atoms with van der Waals surface area (Å²) < 4.78 is 40.7. The first-order valence-electron chi connectivity index (χ1n) is 13.9. The van der Waals surface area contributed by atoms with E-state index in [1.807, 2.05) is 30.5 Å². The minimum absolute atomic E-state index is 0.0298. The number of carboxylic acid groups (broad SMARTS) is 1. The van der Waals surface area contributed by atoms with Gasteiger partial charge in [-0.2, -0.15) is 18.4 Å². The van der Waals surface area contributed by atoms with Gasteiger partial charge in [-0.3, -0.25) is 10.1 Å². The average molecular weight is 685 g/mol. The molecular formula is C32H29BrF3N5O4. The van der Waals surface area contributed by atoms with Gasteiger partial charge in [0.25, 0.3) is 5.91 Å². The van der Waals surface area contributed by atoms with Gasteiger partial charge in [-0.25, -0.2) is 9.79 Å². The van der Waals surface area contributed by atoms with Crippen LogP contribution in [-0.4, -0.2) is 40.7 Å². The van der Waals surface area contributed by atoms with Crippen molar-refractivity contribution in [1.29, 1.82) is 5.26 Å². The number of amides is 1.